The van der Waals surface area contributed by atoms with Crippen molar-refractivity contribution in [1.29, 1.82) is 0 Å². The second-order valence-corrected chi connectivity index (χ2v) is 12.4. The lowest BCUT2D eigenvalue weighted by Crippen LogP contribution is -2.51. The van der Waals surface area contributed by atoms with Crippen LogP contribution >= 0.6 is 0 Å². The molecule has 7 nitrogen and oxygen atoms in total. The van der Waals surface area contributed by atoms with E-state index in [1.165, 1.54) is 5.57 Å². The Hall–Kier alpha value is -3.32. The number of carbonyl (C=O) groups excluding carboxylic acids is 2. The summed E-state index contributed by atoms with van der Waals surface area (Å²) < 4.78 is 11.6. The summed E-state index contributed by atoms with van der Waals surface area (Å²) in [6, 6.07) is 17.8. The zero-order valence-corrected chi connectivity index (χ0v) is 24.1. The third kappa shape index (κ3) is 7.01. The van der Waals surface area contributed by atoms with Gasteiger partial charge in [0, 0.05) is 32.5 Å². The maximum Gasteiger partial charge on any atom is 0.411 e. The van der Waals surface area contributed by atoms with Gasteiger partial charge in [0.15, 0.2) is 0 Å². The van der Waals surface area contributed by atoms with Crippen LogP contribution in [0.15, 0.2) is 60.7 Å². The zero-order valence-electron chi connectivity index (χ0n) is 24.1. The van der Waals surface area contributed by atoms with Gasteiger partial charge < -0.3 is 24.4 Å². The van der Waals surface area contributed by atoms with Crippen molar-refractivity contribution in [2.24, 2.45) is 0 Å². The molecule has 2 atom stereocenters. The van der Waals surface area contributed by atoms with Gasteiger partial charge in [0.25, 0.3) is 0 Å². The molecule has 0 saturated carbocycles. The lowest BCUT2D eigenvalue weighted by Gasteiger charge is -2.45. The molecule has 2 heterocycles. The first-order valence-electron chi connectivity index (χ1n) is 13.8. The highest BCUT2D eigenvalue weighted by Gasteiger charge is 2.46. The van der Waals surface area contributed by atoms with E-state index < -0.39 is 16.8 Å². The molecule has 39 heavy (non-hydrogen) atoms. The Labute approximate surface area is 232 Å². The zero-order chi connectivity index (χ0) is 28.4. The van der Waals surface area contributed by atoms with Gasteiger partial charge in [0.05, 0.1) is 11.6 Å². The van der Waals surface area contributed by atoms with Gasteiger partial charge in [-0.15, -0.1) is 0 Å². The molecule has 1 fully saturated rings. The van der Waals surface area contributed by atoms with E-state index in [-0.39, 0.29) is 18.2 Å². The quantitative estimate of drug-likeness (QED) is 0.448. The topological polar surface area (TPSA) is 79.3 Å². The van der Waals surface area contributed by atoms with Gasteiger partial charge in [0.2, 0.25) is 0 Å². The number of rotatable bonds is 6. The van der Waals surface area contributed by atoms with Gasteiger partial charge in [-0.25, -0.2) is 9.59 Å². The molecule has 1 saturated heterocycles. The fraction of sp³-hybridized carbons (Fsp3) is 0.500. The molecule has 0 aliphatic carbocycles. The lowest BCUT2D eigenvalue weighted by atomic mass is 9.80. The number of amides is 2. The molecule has 1 N–H and O–H groups in total. The van der Waals surface area contributed by atoms with Crippen molar-refractivity contribution >= 4 is 17.8 Å². The molecule has 2 unspecified atom stereocenters. The molecule has 2 aliphatic rings. The monoisotopic (exact) mass is 534 g/mol. The highest BCUT2D eigenvalue weighted by Crippen LogP contribution is 2.42. The summed E-state index contributed by atoms with van der Waals surface area (Å²) in [5.41, 5.74) is 1.89. The maximum atomic E-state index is 13.3. The number of benzene rings is 2. The Morgan fingerprint density at radius 3 is 2.26 bits per heavy atom. The van der Waals surface area contributed by atoms with Crippen LogP contribution in [0.5, 0.6) is 0 Å². The first-order valence-corrected chi connectivity index (χ1v) is 13.8. The van der Waals surface area contributed by atoms with Crippen LogP contribution in [0.25, 0.3) is 5.57 Å². The second-order valence-electron chi connectivity index (χ2n) is 12.4. The van der Waals surface area contributed by atoms with E-state index in [1.54, 1.807) is 23.6 Å². The Kier molecular flexibility index (Phi) is 8.12. The van der Waals surface area contributed by atoms with E-state index in [0.717, 1.165) is 23.1 Å². The van der Waals surface area contributed by atoms with Gasteiger partial charge in [0.1, 0.15) is 11.2 Å². The predicted octanol–water partition coefficient (Wildman–Crippen LogP) is 6.67. The van der Waals surface area contributed by atoms with Crippen molar-refractivity contribution in [2.75, 3.05) is 19.6 Å². The summed E-state index contributed by atoms with van der Waals surface area (Å²) in [7, 11) is 0. The largest absolute Gasteiger partial charge is 0.444 e. The molecule has 210 valence electrons. The van der Waals surface area contributed by atoms with Gasteiger partial charge in [-0.1, -0.05) is 60.7 Å². The van der Waals surface area contributed by atoms with Gasteiger partial charge in [-0.2, -0.15) is 0 Å². The van der Waals surface area contributed by atoms with Crippen LogP contribution in [0.3, 0.4) is 0 Å². The highest BCUT2D eigenvalue weighted by molar-refractivity contribution is 5.73. The Bertz CT molecular complexity index is 1190. The van der Waals surface area contributed by atoms with Crippen molar-refractivity contribution < 1.29 is 24.2 Å². The third-order valence-electron chi connectivity index (χ3n) is 7.38. The smallest absolute Gasteiger partial charge is 0.411 e. The van der Waals surface area contributed by atoms with Crippen molar-refractivity contribution in [2.45, 2.75) is 83.6 Å². The van der Waals surface area contributed by atoms with E-state index in [0.29, 0.717) is 32.5 Å². The number of hydrogen-bond acceptors (Lipinski definition) is 5. The van der Waals surface area contributed by atoms with Crippen LogP contribution in [-0.4, -0.2) is 57.9 Å². The fourth-order valence-corrected chi connectivity index (χ4v) is 5.47. The minimum Gasteiger partial charge on any atom is -0.444 e. The predicted molar refractivity (Wildman–Crippen MR) is 152 cm³/mol. The molecule has 4 rings (SSSR count). The minimum absolute atomic E-state index is 0.162. The molecule has 2 aromatic rings. The number of nitrogens with zero attached hydrogens (tertiary/aromatic N) is 2. The molecule has 2 amide bonds. The summed E-state index contributed by atoms with van der Waals surface area (Å²) >= 11 is 0. The van der Waals surface area contributed by atoms with Crippen LogP contribution in [0, 0.1) is 0 Å². The Morgan fingerprint density at radius 2 is 1.72 bits per heavy atom. The van der Waals surface area contributed by atoms with Crippen molar-refractivity contribution in [3.05, 3.63) is 77.4 Å². The van der Waals surface area contributed by atoms with E-state index in [1.807, 2.05) is 58.0 Å². The number of cyclic esters (lactones) is 1. The van der Waals surface area contributed by atoms with Gasteiger partial charge in [-0.05, 0) is 70.2 Å². The molecular formula is C32H42N2O5. The average Bonchev–Trinajstić information content (AvgIpc) is 2.87. The van der Waals surface area contributed by atoms with Crippen molar-refractivity contribution in [3.63, 3.8) is 0 Å². The normalized spacial score (nSPS) is 21.2. The summed E-state index contributed by atoms with van der Waals surface area (Å²) in [6.07, 6.45) is 3.11. The number of ether oxygens (including phenoxy) is 2. The molecule has 7 heteroatoms. The lowest BCUT2D eigenvalue weighted by molar-refractivity contribution is -0.101. The van der Waals surface area contributed by atoms with Gasteiger partial charge in [-0.3, -0.25) is 0 Å². The molecule has 0 aromatic heterocycles. The number of carbonyl (C=O) groups is 2. The standard InChI is InChI=1S/C32H42N2O5/c1-23(34-21-18-32(39-29(34)36,22-31(5,6)37)27-10-8-7-9-11-27)24-12-14-25(15-13-24)26-16-19-33(20-17-26)28(35)38-30(2,3)4/h7-16,23,37H,17-22H2,1-6H3. The first kappa shape index (κ1) is 28.7. The molecule has 2 aliphatic heterocycles. The minimum atomic E-state index is -0.989. The van der Waals surface area contributed by atoms with Crippen LogP contribution in [0.2, 0.25) is 0 Å². The van der Waals surface area contributed by atoms with Crippen LogP contribution < -0.4 is 0 Å². The molecule has 2 aromatic carbocycles. The van der Waals surface area contributed by atoms with E-state index in [4.69, 9.17) is 9.47 Å². The van der Waals surface area contributed by atoms with Crippen molar-refractivity contribution in [1.82, 2.24) is 9.80 Å². The molecule has 0 bridgehead atoms. The fourth-order valence-electron chi connectivity index (χ4n) is 5.47. The number of hydrogen-bond donors (Lipinski definition) is 1. The summed E-state index contributed by atoms with van der Waals surface area (Å²) in [5.74, 6) is 0. The average molecular weight is 535 g/mol. The van der Waals surface area contributed by atoms with E-state index >= 15 is 0 Å². The third-order valence-corrected chi connectivity index (χ3v) is 7.38. The van der Waals surface area contributed by atoms with Crippen LogP contribution in [0.4, 0.5) is 9.59 Å². The van der Waals surface area contributed by atoms with Crippen LogP contribution in [0.1, 0.15) is 83.5 Å². The SMILES string of the molecule is CC(c1ccc(C2=CCN(C(=O)OC(C)(C)C)CC2)cc1)N1CCC(CC(C)(C)O)(c2ccccc2)OC1=O. The molecular weight excluding hydrogens is 492 g/mol. The van der Waals surface area contributed by atoms with Crippen molar-refractivity contribution in [3.8, 4) is 0 Å². The summed E-state index contributed by atoms with van der Waals surface area (Å²) in [4.78, 5) is 29.2. The first-order chi connectivity index (χ1) is 18.3. The number of aliphatic hydroxyl groups is 1. The summed E-state index contributed by atoms with van der Waals surface area (Å²) in [5, 5.41) is 10.6. The Balaban J connectivity index is 1.42. The molecule has 0 radical (unpaired) electrons. The van der Waals surface area contributed by atoms with Crippen LogP contribution in [-0.2, 0) is 15.1 Å². The van der Waals surface area contributed by atoms with Gasteiger partial charge >= 0.3 is 12.2 Å². The van der Waals surface area contributed by atoms with E-state index in [9.17, 15) is 14.7 Å². The van der Waals surface area contributed by atoms with E-state index in [2.05, 4.69) is 30.3 Å². The summed E-state index contributed by atoms with van der Waals surface area (Å²) in [6.45, 7) is 12.8. The maximum absolute atomic E-state index is 13.3. The highest BCUT2D eigenvalue weighted by atomic mass is 16.6. The second kappa shape index (κ2) is 11.0. The Morgan fingerprint density at radius 1 is 1.05 bits per heavy atom. The molecule has 0 spiro atoms.